The van der Waals surface area contributed by atoms with Crippen molar-refractivity contribution >= 4 is 17.9 Å². The Morgan fingerprint density at radius 3 is 2.22 bits per heavy atom. The lowest BCUT2D eigenvalue weighted by atomic mass is 9.94. The Morgan fingerprint density at radius 1 is 1.00 bits per heavy atom. The van der Waals surface area contributed by atoms with E-state index in [1.165, 1.54) is 4.90 Å². The second-order valence-corrected chi connectivity index (χ2v) is 10.5. The van der Waals surface area contributed by atoms with Crippen LogP contribution in [0.5, 0.6) is 0 Å². The van der Waals surface area contributed by atoms with Crippen LogP contribution in [-0.4, -0.2) is 52.7 Å². The molecule has 2 unspecified atom stereocenters. The fraction of sp³-hybridized carbons (Fsp3) is 0.483. The zero-order chi connectivity index (χ0) is 27.8. The molecule has 2 aromatic rings. The van der Waals surface area contributed by atoms with Gasteiger partial charge in [0.15, 0.2) is 0 Å². The number of aryl methyl sites for hydroxylation is 1. The lowest BCUT2D eigenvalue weighted by molar-refractivity contribution is -0.144. The van der Waals surface area contributed by atoms with Crippen molar-refractivity contribution in [3.05, 3.63) is 70.8 Å². The molecule has 0 heterocycles. The average Bonchev–Trinajstić information content (AvgIpc) is 2.82. The van der Waals surface area contributed by atoms with E-state index < -0.39 is 29.7 Å². The van der Waals surface area contributed by atoms with Crippen molar-refractivity contribution in [2.24, 2.45) is 5.92 Å². The number of benzene rings is 2. The van der Waals surface area contributed by atoms with Crippen LogP contribution in [0, 0.1) is 19.8 Å². The largest absolute Gasteiger partial charge is 0.444 e. The first-order chi connectivity index (χ1) is 17.4. The molecule has 0 fully saturated rings. The number of amides is 3. The smallest absolute Gasteiger partial charge is 0.408 e. The van der Waals surface area contributed by atoms with E-state index >= 15 is 0 Å². The summed E-state index contributed by atoms with van der Waals surface area (Å²) < 4.78 is 5.37. The van der Waals surface area contributed by atoms with Crippen molar-refractivity contribution in [3.8, 4) is 0 Å². The van der Waals surface area contributed by atoms with Crippen molar-refractivity contribution in [1.82, 2.24) is 15.5 Å². The maximum Gasteiger partial charge on any atom is 0.408 e. The molecule has 2 atom stereocenters. The van der Waals surface area contributed by atoms with Crippen molar-refractivity contribution < 1.29 is 24.2 Å². The number of hydrogen-bond donors (Lipinski definition) is 3. The molecule has 0 bridgehead atoms. The number of ether oxygens (including phenoxy) is 1. The topological polar surface area (TPSA) is 108 Å². The lowest BCUT2D eigenvalue weighted by Crippen LogP contribution is -2.55. The zero-order valence-corrected chi connectivity index (χ0v) is 23.0. The molecule has 0 aliphatic carbocycles. The lowest BCUT2D eigenvalue weighted by Gasteiger charge is -2.36. The number of aliphatic hydroxyl groups is 1. The highest BCUT2D eigenvalue weighted by atomic mass is 16.6. The van der Waals surface area contributed by atoms with Crippen molar-refractivity contribution in [2.45, 2.75) is 72.7 Å². The molecule has 0 radical (unpaired) electrons. The van der Waals surface area contributed by atoms with Crippen molar-refractivity contribution in [3.63, 3.8) is 0 Å². The van der Waals surface area contributed by atoms with Gasteiger partial charge in [-0.25, -0.2) is 4.79 Å². The average molecular weight is 512 g/mol. The van der Waals surface area contributed by atoms with Gasteiger partial charge in [0.1, 0.15) is 17.7 Å². The molecule has 0 aliphatic rings. The SMILES string of the molecule is Cc1cccc(C(C(=O)NCc2ccccc2)N(CCO)C(=O)C(NC(=O)OC(C)(C)C)C(C)C)c1C. The van der Waals surface area contributed by atoms with Gasteiger partial charge in [0.25, 0.3) is 0 Å². The number of aliphatic hydroxyl groups excluding tert-OH is 1. The van der Waals surface area contributed by atoms with Crippen LogP contribution < -0.4 is 10.6 Å². The minimum absolute atomic E-state index is 0.0884. The first kappa shape index (κ1) is 29.8. The molecule has 3 amide bonds. The predicted octanol–water partition coefficient (Wildman–Crippen LogP) is 4.03. The Hall–Kier alpha value is -3.39. The minimum Gasteiger partial charge on any atom is -0.444 e. The standard InChI is InChI=1S/C29H41N3O5/c1-19(2)24(31-28(36)37-29(5,6)7)27(35)32(16-17-33)25(23-15-11-12-20(3)21(23)4)26(34)30-18-22-13-9-8-10-14-22/h8-15,19,24-25,33H,16-18H2,1-7H3,(H,30,34)(H,31,36). The monoisotopic (exact) mass is 511 g/mol. The fourth-order valence-corrected chi connectivity index (χ4v) is 4.00. The molecule has 202 valence electrons. The maximum atomic E-state index is 13.9. The van der Waals surface area contributed by atoms with Crippen LogP contribution in [0.15, 0.2) is 48.5 Å². The van der Waals surface area contributed by atoms with Crippen LogP contribution in [-0.2, 0) is 20.9 Å². The summed E-state index contributed by atoms with van der Waals surface area (Å²) in [5.41, 5.74) is 2.69. The number of carbonyl (C=O) groups is 3. The van der Waals surface area contributed by atoms with Crippen LogP contribution in [0.3, 0.4) is 0 Å². The molecule has 0 saturated carbocycles. The van der Waals surface area contributed by atoms with Gasteiger partial charge in [-0.2, -0.15) is 0 Å². The number of hydrogen-bond acceptors (Lipinski definition) is 5. The van der Waals surface area contributed by atoms with Crippen LogP contribution >= 0.6 is 0 Å². The third-order valence-corrected chi connectivity index (χ3v) is 6.04. The van der Waals surface area contributed by atoms with E-state index in [9.17, 15) is 19.5 Å². The van der Waals surface area contributed by atoms with Gasteiger partial charge in [-0.15, -0.1) is 0 Å². The Morgan fingerprint density at radius 2 is 1.65 bits per heavy atom. The summed E-state index contributed by atoms with van der Waals surface area (Å²) in [6.45, 7) is 12.5. The predicted molar refractivity (Wildman–Crippen MR) is 144 cm³/mol. The molecule has 0 aliphatic heterocycles. The van der Waals surface area contributed by atoms with Gasteiger partial charge in [0, 0.05) is 13.1 Å². The normalized spacial score (nSPS) is 13.0. The Labute approximate surface area is 220 Å². The van der Waals surface area contributed by atoms with Gasteiger partial charge in [-0.05, 0) is 62.8 Å². The first-order valence-electron chi connectivity index (χ1n) is 12.6. The van der Waals surface area contributed by atoms with E-state index in [1.54, 1.807) is 34.6 Å². The molecule has 0 aromatic heterocycles. The maximum absolute atomic E-state index is 13.9. The quantitative estimate of drug-likeness (QED) is 0.446. The minimum atomic E-state index is -1.01. The van der Waals surface area contributed by atoms with Gasteiger partial charge in [-0.3, -0.25) is 9.59 Å². The second-order valence-electron chi connectivity index (χ2n) is 10.5. The van der Waals surface area contributed by atoms with Crippen LogP contribution in [0.1, 0.15) is 62.9 Å². The third-order valence-electron chi connectivity index (χ3n) is 6.04. The molecule has 2 aromatic carbocycles. The summed E-state index contributed by atoms with van der Waals surface area (Å²) in [6.07, 6.45) is -0.722. The summed E-state index contributed by atoms with van der Waals surface area (Å²) in [7, 11) is 0. The molecule has 37 heavy (non-hydrogen) atoms. The Bertz CT molecular complexity index is 1060. The molecule has 8 nitrogen and oxygen atoms in total. The van der Waals surface area contributed by atoms with Crippen molar-refractivity contribution in [1.29, 1.82) is 0 Å². The van der Waals surface area contributed by atoms with E-state index in [0.717, 1.165) is 16.7 Å². The second kappa shape index (κ2) is 13.2. The number of carbonyl (C=O) groups excluding carboxylic acids is 3. The molecule has 0 saturated heterocycles. The van der Waals surface area contributed by atoms with E-state index in [2.05, 4.69) is 10.6 Å². The van der Waals surface area contributed by atoms with Gasteiger partial charge < -0.3 is 25.4 Å². The summed E-state index contributed by atoms with van der Waals surface area (Å²) >= 11 is 0. The van der Waals surface area contributed by atoms with Crippen LogP contribution in [0.2, 0.25) is 0 Å². The van der Waals surface area contributed by atoms with E-state index in [-0.39, 0.29) is 31.5 Å². The highest BCUT2D eigenvalue weighted by Crippen LogP contribution is 2.28. The molecule has 2 rings (SSSR count). The molecule has 8 heteroatoms. The fourth-order valence-electron chi connectivity index (χ4n) is 4.00. The number of alkyl carbamates (subject to hydrolysis) is 1. The van der Waals surface area contributed by atoms with Gasteiger partial charge >= 0.3 is 6.09 Å². The Balaban J connectivity index is 2.47. The highest BCUT2D eigenvalue weighted by molar-refractivity contribution is 5.92. The van der Waals surface area contributed by atoms with Gasteiger partial charge in [0.2, 0.25) is 11.8 Å². The number of nitrogens with zero attached hydrogens (tertiary/aromatic N) is 1. The molecular weight excluding hydrogens is 470 g/mol. The molecule has 3 N–H and O–H groups in total. The summed E-state index contributed by atoms with van der Waals surface area (Å²) in [4.78, 5) is 41.5. The number of nitrogens with one attached hydrogen (secondary N) is 2. The summed E-state index contributed by atoms with van der Waals surface area (Å²) in [5.74, 6) is -1.15. The zero-order valence-electron chi connectivity index (χ0n) is 23.0. The van der Waals surface area contributed by atoms with Gasteiger partial charge in [0.05, 0.1) is 6.61 Å². The van der Waals surface area contributed by atoms with Crippen LogP contribution in [0.25, 0.3) is 0 Å². The van der Waals surface area contributed by atoms with Gasteiger partial charge in [-0.1, -0.05) is 62.4 Å². The number of rotatable bonds is 10. The van der Waals surface area contributed by atoms with Crippen molar-refractivity contribution in [2.75, 3.05) is 13.2 Å². The summed E-state index contributed by atoms with van der Waals surface area (Å²) in [6, 6.07) is 13.1. The first-order valence-corrected chi connectivity index (χ1v) is 12.6. The van der Waals surface area contributed by atoms with E-state index in [1.807, 2.05) is 62.4 Å². The van der Waals surface area contributed by atoms with E-state index in [4.69, 9.17) is 4.74 Å². The highest BCUT2D eigenvalue weighted by Gasteiger charge is 2.38. The molecule has 0 spiro atoms. The Kier molecular flexibility index (Phi) is 10.7. The summed E-state index contributed by atoms with van der Waals surface area (Å²) in [5, 5.41) is 15.5. The molecular formula is C29H41N3O5. The third kappa shape index (κ3) is 8.60. The van der Waals surface area contributed by atoms with E-state index in [0.29, 0.717) is 5.56 Å². The van der Waals surface area contributed by atoms with Crippen LogP contribution in [0.4, 0.5) is 4.79 Å².